The quantitative estimate of drug-likeness (QED) is 0.603. The molecule has 1 aromatic heterocycles. The minimum absolute atomic E-state index is 0.229. The highest BCUT2D eigenvalue weighted by molar-refractivity contribution is 6.74. The average Bonchev–Trinajstić information content (AvgIpc) is 2.71. The Morgan fingerprint density at radius 1 is 1.37 bits per heavy atom. The van der Waals surface area contributed by atoms with Crippen LogP contribution in [0.25, 0.3) is 0 Å². The van der Waals surface area contributed by atoms with Crippen molar-refractivity contribution in [1.82, 2.24) is 9.78 Å². The molecule has 0 atom stereocenters. The highest BCUT2D eigenvalue weighted by atomic mass is 28.4. The molecule has 0 saturated carbocycles. The molecule has 1 aromatic rings. The van der Waals surface area contributed by atoms with E-state index in [1.54, 1.807) is 10.9 Å². The first-order valence-corrected chi connectivity index (χ1v) is 9.57. The summed E-state index contributed by atoms with van der Waals surface area (Å²) in [5, 5.41) is 22.3. The van der Waals surface area contributed by atoms with E-state index in [9.17, 15) is 0 Å². The van der Waals surface area contributed by atoms with Crippen molar-refractivity contribution in [2.45, 2.75) is 51.9 Å². The Bertz CT molecular complexity index is 402. The van der Waals surface area contributed by atoms with E-state index < -0.39 is 15.4 Å². The molecule has 0 aliphatic heterocycles. The van der Waals surface area contributed by atoms with E-state index in [0.29, 0.717) is 12.1 Å². The summed E-state index contributed by atoms with van der Waals surface area (Å²) in [5.74, 6) is 0. The molecule has 0 fully saturated rings. The molecule has 7 heteroatoms. The fraction of sp³-hybridized carbons (Fsp3) is 0.750. The van der Waals surface area contributed by atoms with Crippen molar-refractivity contribution >= 4 is 20.9 Å². The van der Waals surface area contributed by atoms with Gasteiger partial charge in [0.05, 0.1) is 0 Å². The molecule has 0 unspecified atom stereocenters. The van der Waals surface area contributed by atoms with Gasteiger partial charge in [-0.1, -0.05) is 20.8 Å². The molecule has 19 heavy (non-hydrogen) atoms. The Kier molecular flexibility index (Phi) is 5.37. The normalized spacial score (nSPS) is 12.8. The Labute approximate surface area is 116 Å². The summed E-state index contributed by atoms with van der Waals surface area (Å²) < 4.78 is 7.78. The largest absolute Gasteiger partial charge is 0.491 e. The van der Waals surface area contributed by atoms with Gasteiger partial charge in [0.15, 0.2) is 8.32 Å². The molecule has 1 heterocycles. The van der Waals surface area contributed by atoms with Crippen LogP contribution in [-0.4, -0.2) is 41.9 Å². The average molecular weight is 284 g/mol. The monoisotopic (exact) mass is 284 g/mol. The molecular formula is C12H25BN2O3Si. The number of aromatic nitrogens is 2. The van der Waals surface area contributed by atoms with E-state index >= 15 is 0 Å². The van der Waals surface area contributed by atoms with E-state index in [4.69, 9.17) is 14.5 Å². The number of nitrogens with zero attached hydrogens (tertiary/aromatic N) is 2. The molecule has 2 N–H and O–H groups in total. The zero-order valence-electron chi connectivity index (χ0n) is 12.6. The number of rotatable bonds is 6. The van der Waals surface area contributed by atoms with Gasteiger partial charge in [0, 0.05) is 31.0 Å². The van der Waals surface area contributed by atoms with Crippen LogP contribution < -0.4 is 5.46 Å². The predicted molar refractivity (Wildman–Crippen MR) is 79.8 cm³/mol. The first kappa shape index (κ1) is 16.4. The lowest BCUT2D eigenvalue weighted by molar-refractivity contribution is 0.272. The van der Waals surface area contributed by atoms with Gasteiger partial charge in [-0.2, -0.15) is 5.10 Å². The van der Waals surface area contributed by atoms with Crippen LogP contribution in [0.3, 0.4) is 0 Å². The molecule has 108 valence electrons. The van der Waals surface area contributed by atoms with E-state index in [2.05, 4.69) is 39.0 Å². The van der Waals surface area contributed by atoms with Crippen LogP contribution in [-0.2, 0) is 11.0 Å². The molecule has 0 aromatic carbocycles. The molecule has 0 bridgehead atoms. The number of hydrogen-bond donors (Lipinski definition) is 2. The van der Waals surface area contributed by atoms with Gasteiger partial charge >= 0.3 is 7.12 Å². The van der Waals surface area contributed by atoms with Crippen LogP contribution in [0, 0.1) is 0 Å². The first-order valence-electron chi connectivity index (χ1n) is 6.66. The van der Waals surface area contributed by atoms with E-state index in [-0.39, 0.29) is 5.04 Å². The lowest BCUT2D eigenvalue weighted by atomic mass is 9.83. The van der Waals surface area contributed by atoms with Crippen molar-refractivity contribution in [3.8, 4) is 0 Å². The lowest BCUT2D eigenvalue weighted by Crippen LogP contribution is -2.41. The van der Waals surface area contributed by atoms with Crippen molar-refractivity contribution < 1.29 is 14.5 Å². The Balaban J connectivity index is 2.35. The van der Waals surface area contributed by atoms with E-state index in [0.717, 1.165) is 13.0 Å². The third-order valence-corrected chi connectivity index (χ3v) is 8.29. The predicted octanol–water partition coefficient (Wildman–Crippen LogP) is 0.975. The molecule has 0 amide bonds. The Hall–Kier alpha value is -0.628. The number of aryl methyl sites for hydroxylation is 1. The molecule has 5 nitrogen and oxygen atoms in total. The van der Waals surface area contributed by atoms with Gasteiger partial charge in [0.2, 0.25) is 0 Å². The van der Waals surface area contributed by atoms with Gasteiger partial charge in [-0.3, -0.25) is 4.68 Å². The van der Waals surface area contributed by atoms with Crippen LogP contribution in [0.15, 0.2) is 12.4 Å². The molecular weight excluding hydrogens is 259 g/mol. The third kappa shape index (κ3) is 4.76. The SMILES string of the molecule is CC(C)(C)[Si](C)(C)OCCCn1cc(B(O)O)cn1. The molecule has 0 spiro atoms. The number of hydrogen-bond acceptors (Lipinski definition) is 4. The van der Waals surface area contributed by atoms with Crippen LogP contribution in [0.1, 0.15) is 27.2 Å². The van der Waals surface area contributed by atoms with Crippen LogP contribution in [0.2, 0.25) is 18.1 Å². The maximum atomic E-state index is 8.99. The summed E-state index contributed by atoms with van der Waals surface area (Å²) in [6.45, 7) is 12.6. The lowest BCUT2D eigenvalue weighted by Gasteiger charge is -2.36. The summed E-state index contributed by atoms with van der Waals surface area (Å²) in [4.78, 5) is 0. The van der Waals surface area contributed by atoms with E-state index in [1.165, 1.54) is 6.20 Å². The minimum Gasteiger partial charge on any atom is -0.423 e. The minimum atomic E-state index is -1.67. The second kappa shape index (κ2) is 6.21. The smallest absolute Gasteiger partial charge is 0.423 e. The Morgan fingerprint density at radius 3 is 2.47 bits per heavy atom. The van der Waals surface area contributed by atoms with Crippen molar-refractivity contribution in [1.29, 1.82) is 0 Å². The summed E-state index contributed by atoms with van der Waals surface area (Å²) in [5.41, 5.74) is 0.422. The first-order chi connectivity index (χ1) is 8.63. The maximum absolute atomic E-state index is 8.99. The Morgan fingerprint density at radius 2 is 2.00 bits per heavy atom. The highest BCUT2D eigenvalue weighted by Gasteiger charge is 2.36. The molecule has 1 rings (SSSR count). The van der Waals surface area contributed by atoms with Gasteiger partial charge < -0.3 is 14.5 Å². The highest BCUT2D eigenvalue weighted by Crippen LogP contribution is 2.36. The van der Waals surface area contributed by atoms with Crippen LogP contribution in [0.5, 0.6) is 0 Å². The fourth-order valence-corrected chi connectivity index (χ4v) is 2.49. The van der Waals surface area contributed by atoms with Gasteiger partial charge in [-0.25, -0.2) is 0 Å². The second-order valence-corrected chi connectivity index (χ2v) is 11.2. The zero-order valence-corrected chi connectivity index (χ0v) is 13.6. The summed E-state index contributed by atoms with van der Waals surface area (Å²) in [6.07, 6.45) is 3.99. The van der Waals surface area contributed by atoms with Crippen molar-refractivity contribution in [2.75, 3.05) is 6.61 Å². The van der Waals surface area contributed by atoms with Crippen LogP contribution in [0.4, 0.5) is 0 Å². The van der Waals surface area contributed by atoms with Gasteiger partial charge in [0.1, 0.15) is 0 Å². The summed E-state index contributed by atoms with van der Waals surface area (Å²) >= 11 is 0. The fourth-order valence-electron chi connectivity index (χ4n) is 1.41. The van der Waals surface area contributed by atoms with Crippen molar-refractivity contribution in [3.63, 3.8) is 0 Å². The topological polar surface area (TPSA) is 67.5 Å². The standard InChI is InChI=1S/C12H25BN2O3Si/c1-12(2,3)19(4,5)18-8-6-7-15-10-11(9-14-15)13(16)17/h9-10,16-17H,6-8H2,1-5H3. The molecule has 0 aliphatic carbocycles. The zero-order chi connectivity index (χ0) is 14.7. The third-order valence-electron chi connectivity index (χ3n) is 3.75. The van der Waals surface area contributed by atoms with Gasteiger partial charge in [-0.15, -0.1) is 0 Å². The second-order valence-electron chi connectivity index (χ2n) is 6.37. The molecule has 0 radical (unpaired) electrons. The molecule has 0 saturated heterocycles. The van der Waals surface area contributed by atoms with Gasteiger partial charge in [0.25, 0.3) is 0 Å². The summed E-state index contributed by atoms with van der Waals surface area (Å²) in [7, 11) is -3.11. The van der Waals surface area contributed by atoms with Crippen molar-refractivity contribution in [3.05, 3.63) is 12.4 Å². The van der Waals surface area contributed by atoms with Crippen molar-refractivity contribution in [2.24, 2.45) is 0 Å². The van der Waals surface area contributed by atoms with E-state index in [1.807, 2.05) is 0 Å². The van der Waals surface area contributed by atoms with Crippen LogP contribution >= 0.6 is 0 Å². The maximum Gasteiger partial charge on any atom is 0.491 e. The van der Waals surface area contributed by atoms with Gasteiger partial charge in [-0.05, 0) is 24.6 Å². The molecule has 0 aliphatic rings. The summed E-state index contributed by atoms with van der Waals surface area (Å²) in [6, 6.07) is 0.